The van der Waals surface area contributed by atoms with Gasteiger partial charge in [-0.2, -0.15) is 0 Å². The van der Waals surface area contributed by atoms with Gasteiger partial charge in [0.25, 0.3) is 5.91 Å². The minimum Gasteiger partial charge on any atom is -0.497 e. The van der Waals surface area contributed by atoms with Crippen molar-refractivity contribution in [2.45, 2.75) is 33.6 Å². The number of likely N-dealkylation sites (tertiary alicyclic amines) is 1. The topological polar surface area (TPSA) is 54.5 Å². The fourth-order valence-corrected chi connectivity index (χ4v) is 4.17. The van der Waals surface area contributed by atoms with Crippen LogP contribution in [0, 0.1) is 18.8 Å². The molecular weight excluding hydrogens is 338 g/mol. The standard InChI is InChI=1S/C22H31N3O2/c1-15-10-16(2)14-25(13-15)9-5-8-23-22(26)20-11-18-6-7-19(27-4)12-21(18)24-17(20)3/h6-7,11-12,15-16H,5,8-10,13-14H2,1-4H3,(H,23,26). The van der Waals surface area contributed by atoms with E-state index in [0.29, 0.717) is 12.1 Å². The van der Waals surface area contributed by atoms with E-state index in [4.69, 9.17) is 4.74 Å². The van der Waals surface area contributed by atoms with Gasteiger partial charge in [-0.25, -0.2) is 0 Å². The third-order valence-electron chi connectivity index (χ3n) is 5.34. The Morgan fingerprint density at radius 2 is 2.00 bits per heavy atom. The van der Waals surface area contributed by atoms with Crippen LogP contribution < -0.4 is 10.1 Å². The van der Waals surface area contributed by atoms with Crippen LogP contribution in [0.1, 0.15) is 42.7 Å². The first-order chi connectivity index (χ1) is 13.0. The highest BCUT2D eigenvalue weighted by atomic mass is 16.5. The summed E-state index contributed by atoms with van der Waals surface area (Å²) in [4.78, 5) is 19.7. The summed E-state index contributed by atoms with van der Waals surface area (Å²) < 4.78 is 5.25. The Kier molecular flexibility index (Phi) is 6.32. The van der Waals surface area contributed by atoms with Crippen molar-refractivity contribution in [3.8, 4) is 5.75 Å². The van der Waals surface area contributed by atoms with E-state index in [2.05, 4.69) is 29.0 Å². The molecule has 0 radical (unpaired) electrons. The van der Waals surface area contributed by atoms with Crippen LogP contribution in [-0.2, 0) is 0 Å². The highest BCUT2D eigenvalue weighted by molar-refractivity contribution is 5.98. The number of hydrogen-bond acceptors (Lipinski definition) is 4. The van der Waals surface area contributed by atoms with Crippen LogP contribution >= 0.6 is 0 Å². The first kappa shape index (κ1) is 19.6. The summed E-state index contributed by atoms with van der Waals surface area (Å²) in [6, 6.07) is 7.64. The minimum atomic E-state index is -0.0434. The number of methoxy groups -OCH3 is 1. The summed E-state index contributed by atoms with van der Waals surface area (Å²) in [5, 5.41) is 4.01. The molecule has 1 N–H and O–H groups in total. The molecule has 2 unspecified atom stereocenters. The number of carbonyl (C=O) groups is 1. The van der Waals surface area contributed by atoms with Crippen LogP contribution in [0.3, 0.4) is 0 Å². The van der Waals surface area contributed by atoms with Gasteiger partial charge in [0, 0.05) is 31.1 Å². The Morgan fingerprint density at radius 3 is 2.70 bits per heavy atom. The lowest BCUT2D eigenvalue weighted by atomic mass is 9.92. The molecule has 1 aliphatic heterocycles. The molecule has 1 aromatic heterocycles. The largest absolute Gasteiger partial charge is 0.497 e. The summed E-state index contributed by atoms with van der Waals surface area (Å²) in [6.45, 7) is 10.6. The molecule has 146 valence electrons. The molecule has 3 rings (SSSR count). The zero-order chi connectivity index (χ0) is 19.4. The van der Waals surface area contributed by atoms with Crippen LogP contribution in [0.2, 0.25) is 0 Å². The summed E-state index contributed by atoms with van der Waals surface area (Å²) in [5.41, 5.74) is 2.23. The summed E-state index contributed by atoms with van der Waals surface area (Å²) in [5.74, 6) is 2.27. The van der Waals surface area contributed by atoms with Gasteiger partial charge in [0.2, 0.25) is 0 Å². The summed E-state index contributed by atoms with van der Waals surface area (Å²) >= 11 is 0. The average molecular weight is 370 g/mol. The molecular formula is C22H31N3O2. The zero-order valence-electron chi connectivity index (χ0n) is 16.9. The Hall–Kier alpha value is -2.14. The van der Waals surface area contributed by atoms with Gasteiger partial charge in [-0.1, -0.05) is 13.8 Å². The number of nitrogens with zero attached hydrogens (tertiary/aromatic N) is 2. The number of rotatable bonds is 6. The van der Waals surface area contributed by atoms with E-state index in [-0.39, 0.29) is 5.91 Å². The SMILES string of the molecule is COc1ccc2cc(C(=O)NCCCN3CC(C)CC(C)C3)c(C)nc2c1. The van der Waals surface area contributed by atoms with Crippen LogP contribution in [0.25, 0.3) is 10.9 Å². The third-order valence-corrected chi connectivity index (χ3v) is 5.34. The molecule has 2 heterocycles. The molecule has 27 heavy (non-hydrogen) atoms. The van der Waals surface area contributed by atoms with Gasteiger partial charge in [0.15, 0.2) is 0 Å². The van der Waals surface area contributed by atoms with Crippen molar-refractivity contribution in [1.82, 2.24) is 15.2 Å². The predicted molar refractivity (Wildman–Crippen MR) is 109 cm³/mol. The quantitative estimate of drug-likeness (QED) is 0.790. The maximum atomic E-state index is 12.6. The zero-order valence-corrected chi connectivity index (χ0v) is 16.9. The molecule has 5 nitrogen and oxygen atoms in total. The first-order valence-electron chi connectivity index (χ1n) is 9.92. The number of fused-ring (bicyclic) bond motifs is 1. The number of aryl methyl sites for hydroxylation is 1. The molecule has 1 aromatic carbocycles. The second-order valence-corrected chi connectivity index (χ2v) is 8.00. The molecule has 0 aliphatic carbocycles. The molecule has 1 saturated heterocycles. The average Bonchev–Trinajstić information content (AvgIpc) is 2.63. The fourth-order valence-electron chi connectivity index (χ4n) is 4.17. The number of nitrogens with one attached hydrogen (secondary N) is 1. The molecule has 2 atom stereocenters. The number of ether oxygens (including phenoxy) is 1. The number of hydrogen-bond donors (Lipinski definition) is 1. The van der Waals surface area contributed by atoms with E-state index in [1.165, 1.54) is 19.5 Å². The lowest BCUT2D eigenvalue weighted by Gasteiger charge is -2.34. The highest BCUT2D eigenvalue weighted by Crippen LogP contribution is 2.22. The molecule has 2 aromatic rings. The van der Waals surface area contributed by atoms with Crippen molar-refractivity contribution in [3.63, 3.8) is 0 Å². The number of carbonyl (C=O) groups excluding carboxylic acids is 1. The fraction of sp³-hybridized carbons (Fsp3) is 0.545. The molecule has 0 bridgehead atoms. The Labute approximate surface area is 162 Å². The lowest BCUT2D eigenvalue weighted by Crippen LogP contribution is -2.40. The Morgan fingerprint density at radius 1 is 1.26 bits per heavy atom. The van der Waals surface area contributed by atoms with E-state index in [0.717, 1.165) is 47.1 Å². The van der Waals surface area contributed by atoms with Crippen molar-refractivity contribution >= 4 is 16.8 Å². The molecule has 0 saturated carbocycles. The second kappa shape index (κ2) is 8.70. The molecule has 1 aliphatic rings. The Balaban J connectivity index is 1.55. The number of amides is 1. The van der Waals surface area contributed by atoms with E-state index in [1.54, 1.807) is 7.11 Å². The summed E-state index contributed by atoms with van der Waals surface area (Å²) in [6.07, 6.45) is 2.30. The first-order valence-corrected chi connectivity index (χ1v) is 9.92. The molecule has 1 fully saturated rings. The van der Waals surface area contributed by atoms with E-state index < -0.39 is 0 Å². The van der Waals surface area contributed by atoms with Crippen molar-refractivity contribution < 1.29 is 9.53 Å². The van der Waals surface area contributed by atoms with Crippen LogP contribution in [-0.4, -0.2) is 49.1 Å². The van der Waals surface area contributed by atoms with Gasteiger partial charge >= 0.3 is 0 Å². The maximum Gasteiger partial charge on any atom is 0.253 e. The van der Waals surface area contributed by atoms with Crippen molar-refractivity contribution in [2.24, 2.45) is 11.8 Å². The van der Waals surface area contributed by atoms with E-state index in [9.17, 15) is 4.79 Å². The van der Waals surface area contributed by atoms with Crippen LogP contribution in [0.5, 0.6) is 5.75 Å². The molecule has 5 heteroatoms. The minimum absolute atomic E-state index is 0.0434. The number of aromatic nitrogens is 1. The van der Waals surface area contributed by atoms with Gasteiger partial charge in [0.05, 0.1) is 23.9 Å². The van der Waals surface area contributed by atoms with Gasteiger partial charge in [-0.15, -0.1) is 0 Å². The van der Waals surface area contributed by atoms with Crippen LogP contribution in [0.4, 0.5) is 0 Å². The number of pyridine rings is 1. The van der Waals surface area contributed by atoms with Crippen LogP contribution in [0.15, 0.2) is 24.3 Å². The van der Waals surface area contributed by atoms with Gasteiger partial charge in [-0.05, 0) is 56.3 Å². The van der Waals surface area contributed by atoms with Gasteiger partial charge in [0.1, 0.15) is 5.75 Å². The van der Waals surface area contributed by atoms with Gasteiger partial charge < -0.3 is 15.0 Å². The summed E-state index contributed by atoms with van der Waals surface area (Å²) in [7, 11) is 1.64. The molecule has 0 spiro atoms. The number of piperidine rings is 1. The maximum absolute atomic E-state index is 12.6. The predicted octanol–water partition coefficient (Wildman–Crippen LogP) is 3.65. The van der Waals surface area contributed by atoms with Gasteiger partial charge in [-0.3, -0.25) is 9.78 Å². The molecule has 1 amide bonds. The normalized spacial score (nSPS) is 20.6. The lowest BCUT2D eigenvalue weighted by molar-refractivity contribution is 0.0946. The smallest absolute Gasteiger partial charge is 0.253 e. The number of benzene rings is 1. The Bertz CT molecular complexity index is 795. The van der Waals surface area contributed by atoms with Crippen molar-refractivity contribution in [3.05, 3.63) is 35.5 Å². The second-order valence-electron chi connectivity index (χ2n) is 8.00. The van der Waals surface area contributed by atoms with E-state index >= 15 is 0 Å². The highest BCUT2D eigenvalue weighted by Gasteiger charge is 2.21. The monoisotopic (exact) mass is 369 g/mol. The van der Waals surface area contributed by atoms with E-state index in [1.807, 2.05) is 31.2 Å². The van der Waals surface area contributed by atoms with Crippen molar-refractivity contribution in [1.29, 1.82) is 0 Å². The van der Waals surface area contributed by atoms with Crippen molar-refractivity contribution in [2.75, 3.05) is 33.3 Å². The third kappa shape index (κ3) is 4.98.